The lowest BCUT2D eigenvalue weighted by Crippen LogP contribution is -2.46. The molecular formula is C11H19NO6. The quantitative estimate of drug-likeness (QED) is 0.755. The van der Waals surface area contributed by atoms with Crippen molar-refractivity contribution in [3.63, 3.8) is 0 Å². The Balaban J connectivity index is 4.76. The summed E-state index contributed by atoms with van der Waals surface area (Å²) < 4.78 is 9.40. The van der Waals surface area contributed by atoms with Crippen molar-refractivity contribution in [1.29, 1.82) is 0 Å². The summed E-state index contributed by atoms with van der Waals surface area (Å²) in [5.74, 6) is -2.01. The van der Waals surface area contributed by atoms with Crippen LogP contribution >= 0.6 is 0 Å². The van der Waals surface area contributed by atoms with Crippen LogP contribution in [0.4, 0.5) is 4.79 Å². The number of carboxylic acids is 1. The minimum absolute atomic E-state index is 0.429. The van der Waals surface area contributed by atoms with E-state index < -0.39 is 36.1 Å². The van der Waals surface area contributed by atoms with Gasteiger partial charge in [-0.1, -0.05) is 0 Å². The van der Waals surface area contributed by atoms with Crippen LogP contribution in [0.5, 0.6) is 0 Å². The van der Waals surface area contributed by atoms with Gasteiger partial charge in [0.15, 0.2) is 0 Å². The molecule has 0 saturated carbocycles. The molecule has 7 heteroatoms. The molecule has 0 bridgehead atoms. The van der Waals surface area contributed by atoms with Gasteiger partial charge in [-0.05, 0) is 20.8 Å². The van der Waals surface area contributed by atoms with Crippen molar-refractivity contribution in [3.8, 4) is 0 Å². The molecule has 18 heavy (non-hydrogen) atoms. The predicted molar refractivity (Wildman–Crippen MR) is 62.1 cm³/mol. The Morgan fingerprint density at radius 1 is 1.28 bits per heavy atom. The molecule has 1 N–H and O–H groups in total. The second-order valence-electron chi connectivity index (χ2n) is 4.73. The molecule has 0 heterocycles. The molecular weight excluding hydrogens is 242 g/mol. The van der Waals surface area contributed by atoms with Crippen molar-refractivity contribution in [2.45, 2.75) is 38.8 Å². The number of likely N-dealkylation sites (N-methyl/N-ethyl adjacent to an activating group) is 1. The second kappa shape index (κ2) is 6.23. The smallest absolute Gasteiger partial charge is 0.410 e. The summed E-state index contributed by atoms with van der Waals surface area (Å²) in [7, 11) is 2.41. The lowest BCUT2D eigenvalue weighted by Gasteiger charge is -2.27. The van der Waals surface area contributed by atoms with Crippen LogP contribution in [-0.4, -0.2) is 53.8 Å². The number of hydrogen-bond acceptors (Lipinski definition) is 5. The summed E-state index contributed by atoms with van der Waals surface area (Å²) in [5.41, 5.74) is -0.736. The van der Waals surface area contributed by atoms with E-state index >= 15 is 0 Å². The number of esters is 1. The molecule has 0 aliphatic rings. The standard InChI is InChI=1S/C11H19NO6/c1-11(2,3)18-10(16)12(4)7(9(14)15)6-8(13)17-5/h7H,6H2,1-5H3,(H,14,15). The number of carbonyl (C=O) groups excluding carboxylic acids is 2. The van der Waals surface area contributed by atoms with Gasteiger partial charge in [-0.25, -0.2) is 9.59 Å². The zero-order chi connectivity index (χ0) is 14.5. The first-order valence-electron chi connectivity index (χ1n) is 5.34. The number of methoxy groups -OCH3 is 1. The SMILES string of the molecule is COC(=O)CC(C(=O)O)N(C)C(=O)OC(C)(C)C. The summed E-state index contributed by atoms with van der Waals surface area (Å²) in [6, 6.07) is -1.31. The zero-order valence-corrected chi connectivity index (χ0v) is 11.2. The van der Waals surface area contributed by atoms with Crippen molar-refractivity contribution < 1.29 is 29.0 Å². The molecule has 0 saturated heterocycles. The van der Waals surface area contributed by atoms with Gasteiger partial charge < -0.3 is 14.6 Å². The van der Waals surface area contributed by atoms with Gasteiger partial charge in [-0.3, -0.25) is 9.69 Å². The van der Waals surface area contributed by atoms with Crippen LogP contribution in [-0.2, 0) is 19.1 Å². The molecule has 0 radical (unpaired) electrons. The molecule has 0 aliphatic carbocycles. The van der Waals surface area contributed by atoms with E-state index in [-0.39, 0.29) is 0 Å². The minimum atomic E-state index is -1.31. The van der Waals surface area contributed by atoms with E-state index in [4.69, 9.17) is 9.84 Å². The third-order valence-electron chi connectivity index (χ3n) is 2.02. The Morgan fingerprint density at radius 2 is 1.78 bits per heavy atom. The summed E-state index contributed by atoms with van der Waals surface area (Å²) in [6.45, 7) is 4.98. The van der Waals surface area contributed by atoms with Gasteiger partial charge in [0.2, 0.25) is 0 Å². The molecule has 104 valence electrons. The number of hydrogen-bond donors (Lipinski definition) is 1. The van der Waals surface area contributed by atoms with Crippen molar-refractivity contribution in [2.75, 3.05) is 14.2 Å². The number of rotatable bonds is 4. The van der Waals surface area contributed by atoms with E-state index in [1.807, 2.05) is 0 Å². The highest BCUT2D eigenvalue weighted by Crippen LogP contribution is 2.12. The van der Waals surface area contributed by atoms with Crippen LogP contribution < -0.4 is 0 Å². The van der Waals surface area contributed by atoms with Crippen LogP contribution in [0.1, 0.15) is 27.2 Å². The highest BCUT2D eigenvalue weighted by Gasteiger charge is 2.32. The average Bonchev–Trinajstić information content (AvgIpc) is 2.21. The first-order valence-corrected chi connectivity index (χ1v) is 5.34. The van der Waals surface area contributed by atoms with Crippen LogP contribution in [0.2, 0.25) is 0 Å². The zero-order valence-electron chi connectivity index (χ0n) is 11.2. The molecule has 0 rings (SSSR count). The van der Waals surface area contributed by atoms with Crippen LogP contribution in [0.3, 0.4) is 0 Å². The molecule has 0 aliphatic heterocycles. The molecule has 0 aromatic carbocycles. The van der Waals surface area contributed by atoms with Gasteiger partial charge in [-0.15, -0.1) is 0 Å². The Bertz CT molecular complexity index is 333. The predicted octanol–water partition coefficient (Wildman–Crippen LogP) is 0.870. The summed E-state index contributed by atoms with van der Waals surface area (Å²) in [4.78, 5) is 34.6. The summed E-state index contributed by atoms with van der Waals surface area (Å²) in [5, 5.41) is 8.98. The Labute approximate surface area is 106 Å². The van der Waals surface area contributed by atoms with Crippen molar-refractivity contribution in [3.05, 3.63) is 0 Å². The van der Waals surface area contributed by atoms with Gasteiger partial charge in [0, 0.05) is 7.05 Å². The van der Waals surface area contributed by atoms with E-state index in [9.17, 15) is 14.4 Å². The number of nitrogens with zero attached hydrogens (tertiary/aromatic N) is 1. The number of ether oxygens (including phenoxy) is 2. The average molecular weight is 261 g/mol. The maximum atomic E-state index is 11.7. The Morgan fingerprint density at radius 3 is 2.11 bits per heavy atom. The molecule has 0 aromatic rings. The first kappa shape index (κ1) is 16.2. The van der Waals surface area contributed by atoms with Gasteiger partial charge in [0.05, 0.1) is 13.5 Å². The van der Waals surface area contributed by atoms with Gasteiger partial charge in [-0.2, -0.15) is 0 Å². The lowest BCUT2D eigenvalue weighted by atomic mass is 10.2. The van der Waals surface area contributed by atoms with Crippen molar-refractivity contribution >= 4 is 18.0 Å². The third-order valence-corrected chi connectivity index (χ3v) is 2.02. The van der Waals surface area contributed by atoms with Crippen LogP contribution in [0.15, 0.2) is 0 Å². The molecule has 0 aromatic heterocycles. The second-order valence-corrected chi connectivity index (χ2v) is 4.73. The number of carboxylic acid groups (broad SMARTS) is 1. The van der Waals surface area contributed by atoms with E-state index in [1.165, 1.54) is 7.05 Å². The number of amides is 1. The molecule has 1 amide bonds. The number of aliphatic carboxylic acids is 1. The topological polar surface area (TPSA) is 93.1 Å². The summed E-state index contributed by atoms with van der Waals surface area (Å²) >= 11 is 0. The van der Waals surface area contributed by atoms with Gasteiger partial charge in [0.1, 0.15) is 11.6 Å². The largest absolute Gasteiger partial charge is 0.480 e. The normalized spacial score (nSPS) is 12.5. The fourth-order valence-corrected chi connectivity index (χ4v) is 1.09. The van der Waals surface area contributed by atoms with Crippen molar-refractivity contribution in [2.24, 2.45) is 0 Å². The number of carbonyl (C=O) groups is 3. The van der Waals surface area contributed by atoms with E-state index in [0.717, 1.165) is 12.0 Å². The third kappa shape index (κ3) is 5.51. The van der Waals surface area contributed by atoms with Gasteiger partial charge >= 0.3 is 18.0 Å². The first-order chi connectivity index (χ1) is 8.08. The van der Waals surface area contributed by atoms with Gasteiger partial charge in [0.25, 0.3) is 0 Å². The van der Waals surface area contributed by atoms with E-state index in [2.05, 4.69) is 4.74 Å². The highest BCUT2D eigenvalue weighted by atomic mass is 16.6. The fraction of sp³-hybridized carbons (Fsp3) is 0.727. The van der Waals surface area contributed by atoms with E-state index in [0.29, 0.717) is 0 Å². The van der Waals surface area contributed by atoms with Crippen molar-refractivity contribution in [1.82, 2.24) is 4.90 Å². The highest BCUT2D eigenvalue weighted by molar-refractivity contribution is 5.85. The minimum Gasteiger partial charge on any atom is -0.480 e. The maximum absolute atomic E-state index is 11.7. The molecule has 1 unspecified atom stereocenters. The van der Waals surface area contributed by atoms with Crippen LogP contribution in [0, 0.1) is 0 Å². The molecule has 7 nitrogen and oxygen atoms in total. The monoisotopic (exact) mass is 261 g/mol. The molecule has 0 spiro atoms. The molecule has 0 fully saturated rings. The summed E-state index contributed by atoms with van der Waals surface area (Å²) in [6.07, 6.45) is -1.24. The maximum Gasteiger partial charge on any atom is 0.410 e. The lowest BCUT2D eigenvalue weighted by molar-refractivity contribution is -0.150. The fourth-order valence-electron chi connectivity index (χ4n) is 1.09. The van der Waals surface area contributed by atoms with Crippen LogP contribution in [0.25, 0.3) is 0 Å². The molecule has 1 atom stereocenters. The Hall–Kier alpha value is -1.79. The van der Waals surface area contributed by atoms with E-state index in [1.54, 1.807) is 20.8 Å². The Kier molecular flexibility index (Phi) is 5.61.